The van der Waals surface area contributed by atoms with E-state index in [9.17, 15) is 9.59 Å². The van der Waals surface area contributed by atoms with Crippen LogP contribution in [0.2, 0.25) is 0 Å². The van der Waals surface area contributed by atoms with Crippen LogP contribution in [0.1, 0.15) is 28.8 Å². The Balaban J connectivity index is 1.87. The van der Waals surface area contributed by atoms with Crippen LogP contribution in [0, 0.1) is 11.3 Å². The number of fused-ring (bicyclic) bond motifs is 1. The third-order valence-electron chi connectivity index (χ3n) is 4.42. The van der Waals surface area contributed by atoms with Gasteiger partial charge >= 0.3 is 11.9 Å². The van der Waals surface area contributed by atoms with Crippen molar-refractivity contribution >= 4 is 11.9 Å². The Labute approximate surface area is 117 Å². The van der Waals surface area contributed by atoms with Crippen molar-refractivity contribution in [2.24, 2.45) is 11.3 Å². The molecule has 0 aromatic heterocycles. The monoisotopic (exact) mass is 272 g/mol. The number of benzene rings is 1. The quantitative estimate of drug-likeness (QED) is 0.678. The van der Waals surface area contributed by atoms with E-state index >= 15 is 0 Å². The fourth-order valence-electron chi connectivity index (χ4n) is 3.39. The lowest BCUT2D eigenvalue weighted by molar-refractivity contribution is -0.146. The second-order valence-corrected chi connectivity index (χ2v) is 5.76. The smallest absolute Gasteiger partial charge is 0.335 e. The molecule has 0 bridgehead atoms. The summed E-state index contributed by atoms with van der Waals surface area (Å²) >= 11 is 0. The normalized spacial score (nSPS) is 28.3. The molecule has 0 spiro atoms. The van der Waals surface area contributed by atoms with E-state index in [0.29, 0.717) is 19.4 Å². The lowest BCUT2D eigenvalue weighted by atomic mass is 9.75. The van der Waals surface area contributed by atoms with E-state index in [-0.39, 0.29) is 17.5 Å². The highest BCUT2D eigenvalue weighted by Crippen LogP contribution is 2.52. The second-order valence-electron chi connectivity index (χ2n) is 5.76. The van der Waals surface area contributed by atoms with Gasteiger partial charge in [-0.15, -0.1) is 0 Å². The molecule has 4 nitrogen and oxygen atoms in total. The van der Waals surface area contributed by atoms with Crippen molar-refractivity contribution in [2.45, 2.75) is 19.3 Å². The molecule has 1 aromatic carbocycles. The molecule has 2 aliphatic rings. The minimum absolute atomic E-state index is 0.136. The van der Waals surface area contributed by atoms with Crippen LogP contribution in [0.15, 0.2) is 36.4 Å². The van der Waals surface area contributed by atoms with Gasteiger partial charge in [0.2, 0.25) is 0 Å². The highest BCUT2D eigenvalue weighted by Gasteiger charge is 2.55. The first-order valence-corrected chi connectivity index (χ1v) is 6.67. The first kappa shape index (κ1) is 12.9. The van der Waals surface area contributed by atoms with Gasteiger partial charge in [0.05, 0.1) is 17.6 Å². The van der Waals surface area contributed by atoms with Gasteiger partial charge in [0.1, 0.15) is 0 Å². The Morgan fingerprint density at radius 1 is 1.40 bits per heavy atom. The van der Waals surface area contributed by atoms with Crippen molar-refractivity contribution in [1.82, 2.24) is 0 Å². The van der Waals surface area contributed by atoms with Crippen molar-refractivity contribution in [3.05, 3.63) is 47.5 Å². The van der Waals surface area contributed by atoms with Crippen molar-refractivity contribution in [3.63, 3.8) is 0 Å². The fourth-order valence-corrected chi connectivity index (χ4v) is 3.39. The standard InChI is InChI=1S/C16H16O4/c1-10-6-13-9-20-15(19)16(13,7-10)8-11-2-4-12(5-3-11)14(17)18/h2-5,13H,1,6-9H2,(H,17,18). The number of carboxylic acids is 1. The van der Waals surface area contributed by atoms with Gasteiger partial charge in [0.25, 0.3) is 0 Å². The maximum Gasteiger partial charge on any atom is 0.335 e. The SMILES string of the molecule is C=C1CC2COC(=O)C2(Cc2ccc(C(=O)O)cc2)C1. The number of cyclic esters (lactones) is 1. The Bertz CT molecular complexity index is 587. The molecule has 1 saturated carbocycles. The molecule has 1 aliphatic heterocycles. The molecule has 1 aromatic rings. The van der Waals surface area contributed by atoms with E-state index < -0.39 is 11.4 Å². The maximum absolute atomic E-state index is 12.1. The number of allylic oxidation sites excluding steroid dienone is 1. The molecule has 2 unspecified atom stereocenters. The highest BCUT2D eigenvalue weighted by molar-refractivity contribution is 5.87. The van der Waals surface area contributed by atoms with Gasteiger partial charge in [-0.25, -0.2) is 4.79 Å². The second kappa shape index (κ2) is 4.47. The summed E-state index contributed by atoms with van der Waals surface area (Å²) in [5.41, 5.74) is 1.84. The molecule has 20 heavy (non-hydrogen) atoms. The maximum atomic E-state index is 12.1. The summed E-state index contributed by atoms with van der Waals surface area (Å²) in [6, 6.07) is 6.71. The van der Waals surface area contributed by atoms with Crippen LogP contribution in [0.4, 0.5) is 0 Å². The van der Waals surface area contributed by atoms with Gasteiger partial charge in [-0.3, -0.25) is 4.79 Å². The number of rotatable bonds is 3. The molecule has 3 rings (SSSR count). The van der Waals surface area contributed by atoms with E-state index in [1.165, 1.54) is 0 Å². The molecular formula is C16H16O4. The van der Waals surface area contributed by atoms with E-state index in [1.54, 1.807) is 24.3 Å². The molecular weight excluding hydrogens is 256 g/mol. The lowest BCUT2D eigenvalue weighted by Gasteiger charge is -2.24. The minimum atomic E-state index is -0.942. The van der Waals surface area contributed by atoms with Crippen LogP contribution < -0.4 is 0 Å². The summed E-state index contributed by atoms with van der Waals surface area (Å²) in [6.07, 6.45) is 2.12. The first-order chi connectivity index (χ1) is 9.51. The van der Waals surface area contributed by atoms with Crippen LogP contribution in [0.5, 0.6) is 0 Å². The summed E-state index contributed by atoms with van der Waals surface area (Å²) in [4.78, 5) is 23.0. The molecule has 0 radical (unpaired) electrons. The number of hydrogen-bond acceptors (Lipinski definition) is 3. The molecule has 2 atom stereocenters. The molecule has 2 fully saturated rings. The molecule has 104 valence electrons. The van der Waals surface area contributed by atoms with Crippen molar-refractivity contribution in [3.8, 4) is 0 Å². The third kappa shape index (κ3) is 1.92. The summed E-state index contributed by atoms with van der Waals surface area (Å²) in [5.74, 6) is -0.868. The lowest BCUT2D eigenvalue weighted by Crippen LogP contribution is -2.31. The van der Waals surface area contributed by atoms with E-state index in [0.717, 1.165) is 17.6 Å². The number of hydrogen-bond donors (Lipinski definition) is 1. The predicted molar refractivity (Wildman–Crippen MR) is 72.4 cm³/mol. The van der Waals surface area contributed by atoms with Crippen molar-refractivity contribution in [1.29, 1.82) is 0 Å². The van der Waals surface area contributed by atoms with Crippen molar-refractivity contribution in [2.75, 3.05) is 6.61 Å². The molecule has 0 amide bonds. The number of carbonyl (C=O) groups excluding carboxylic acids is 1. The largest absolute Gasteiger partial charge is 0.478 e. The fraction of sp³-hybridized carbons (Fsp3) is 0.375. The van der Waals surface area contributed by atoms with Gasteiger partial charge in [0, 0.05) is 5.92 Å². The Morgan fingerprint density at radius 3 is 2.75 bits per heavy atom. The molecule has 1 saturated heterocycles. The van der Waals surface area contributed by atoms with Gasteiger partial charge in [-0.05, 0) is 37.0 Å². The molecule has 1 N–H and O–H groups in total. The van der Waals surface area contributed by atoms with Crippen LogP contribution in [-0.2, 0) is 16.0 Å². The van der Waals surface area contributed by atoms with E-state index in [2.05, 4.69) is 6.58 Å². The number of carbonyl (C=O) groups is 2. The third-order valence-corrected chi connectivity index (χ3v) is 4.42. The first-order valence-electron chi connectivity index (χ1n) is 6.67. The average Bonchev–Trinajstić information content (AvgIpc) is 2.86. The summed E-state index contributed by atoms with van der Waals surface area (Å²) in [6.45, 7) is 4.49. The van der Waals surface area contributed by atoms with Crippen LogP contribution in [0.3, 0.4) is 0 Å². The number of ether oxygens (including phenoxy) is 1. The van der Waals surface area contributed by atoms with E-state index in [1.807, 2.05) is 0 Å². The topological polar surface area (TPSA) is 63.6 Å². The van der Waals surface area contributed by atoms with Gasteiger partial charge in [-0.2, -0.15) is 0 Å². The number of carboxylic acid groups (broad SMARTS) is 1. The zero-order valence-corrected chi connectivity index (χ0v) is 11.1. The summed E-state index contributed by atoms with van der Waals surface area (Å²) in [5, 5.41) is 8.90. The Morgan fingerprint density at radius 2 is 2.10 bits per heavy atom. The Hall–Kier alpha value is -2.10. The average molecular weight is 272 g/mol. The van der Waals surface area contributed by atoms with Crippen LogP contribution in [0.25, 0.3) is 0 Å². The highest BCUT2D eigenvalue weighted by atomic mass is 16.5. The molecule has 1 aliphatic carbocycles. The van der Waals surface area contributed by atoms with Crippen LogP contribution in [-0.4, -0.2) is 23.7 Å². The summed E-state index contributed by atoms with van der Waals surface area (Å²) < 4.78 is 5.23. The zero-order valence-electron chi connectivity index (χ0n) is 11.1. The summed E-state index contributed by atoms with van der Waals surface area (Å²) in [7, 11) is 0. The zero-order chi connectivity index (χ0) is 14.3. The van der Waals surface area contributed by atoms with E-state index in [4.69, 9.17) is 9.84 Å². The number of aromatic carboxylic acids is 1. The molecule has 4 heteroatoms. The van der Waals surface area contributed by atoms with Gasteiger partial charge in [-0.1, -0.05) is 24.3 Å². The van der Waals surface area contributed by atoms with Crippen LogP contribution >= 0.6 is 0 Å². The van der Waals surface area contributed by atoms with Crippen molar-refractivity contribution < 1.29 is 19.4 Å². The molecule has 1 heterocycles. The van der Waals surface area contributed by atoms with Gasteiger partial charge < -0.3 is 9.84 Å². The van der Waals surface area contributed by atoms with Gasteiger partial charge in [0.15, 0.2) is 0 Å². The predicted octanol–water partition coefficient (Wildman–Crippen LogP) is 2.44. The number of esters is 1. The Kier molecular flexibility index (Phi) is 2.89. The minimum Gasteiger partial charge on any atom is -0.478 e.